The summed E-state index contributed by atoms with van der Waals surface area (Å²) in [6, 6.07) is 4.13. The highest BCUT2D eigenvalue weighted by molar-refractivity contribution is 5.81. The van der Waals surface area contributed by atoms with E-state index < -0.39 is 0 Å². The SMILES string of the molecule is CN=C(NCc1cccn1C)N1CCN(C(=O)C(C)C)CC1. The molecule has 1 aliphatic rings. The van der Waals surface area contributed by atoms with Gasteiger partial charge in [-0.25, -0.2) is 0 Å². The van der Waals surface area contributed by atoms with Gasteiger partial charge in [-0.2, -0.15) is 0 Å². The van der Waals surface area contributed by atoms with Crippen molar-refractivity contribution < 1.29 is 4.79 Å². The molecule has 0 atom stereocenters. The number of carbonyl (C=O) groups excluding carboxylic acids is 1. The Labute approximate surface area is 132 Å². The summed E-state index contributed by atoms with van der Waals surface area (Å²) in [4.78, 5) is 20.6. The van der Waals surface area contributed by atoms with E-state index in [-0.39, 0.29) is 11.8 Å². The summed E-state index contributed by atoms with van der Waals surface area (Å²) in [7, 11) is 3.84. The predicted octanol–water partition coefficient (Wildman–Crippen LogP) is 0.901. The zero-order valence-electron chi connectivity index (χ0n) is 14.0. The summed E-state index contributed by atoms with van der Waals surface area (Å²) in [6.45, 7) is 7.84. The molecule has 22 heavy (non-hydrogen) atoms. The number of carbonyl (C=O) groups is 1. The van der Waals surface area contributed by atoms with E-state index in [1.807, 2.05) is 38.1 Å². The van der Waals surface area contributed by atoms with Crippen LogP contribution in [0.5, 0.6) is 0 Å². The molecule has 1 amide bonds. The van der Waals surface area contributed by atoms with E-state index >= 15 is 0 Å². The molecule has 1 aromatic rings. The third-order valence-electron chi connectivity index (χ3n) is 4.08. The molecule has 6 nitrogen and oxygen atoms in total. The minimum atomic E-state index is 0.0707. The maximum Gasteiger partial charge on any atom is 0.225 e. The van der Waals surface area contributed by atoms with Crippen LogP contribution in [-0.4, -0.2) is 59.5 Å². The standard InChI is InChI=1S/C16H27N5O/c1-13(2)15(22)20-8-10-21(11-9-20)16(17-3)18-12-14-6-5-7-19(14)4/h5-7,13H,8-12H2,1-4H3,(H,17,18). The Balaban J connectivity index is 1.86. The van der Waals surface area contributed by atoms with Gasteiger partial charge in [-0.05, 0) is 12.1 Å². The van der Waals surface area contributed by atoms with Gasteiger partial charge in [0.05, 0.1) is 6.54 Å². The smallest absolute Gasteiger partial charge is 0.225 e. The zero-order valence-corrected chi connectivity index (χ0v) is 14.0. The number of guanidine groups is 1. The van der Waals surface area contributed by atoms with Crippen molar-refractivity contribution in [1.29, 1.82) is 0 Å². The maximum absolute atomic E-state index is 12.0. The van der Waals surface area contributed by atoms with Gasteiger partial charge in [-0.15, -0.1) is 0 Å². The van der Waals surface area contributed by atoms with Crippen LogP contribution < -0.4 is 5.32 Å². The van der Waals surface area contributed by atoms with E-state index in [1.165, 1.54) is 5.69 Å². The molecular weight excluding hydrogens is 278 g/mol. The van der Waals surface area contributed by atoms with E-state index in [1.54, 1.807) is 7.05 Å². The first-order chi connectivity index (χ1) is 10.5. The third kappa shape index (κ3) is 3.81. The lowest BCUT2D eigenvalue weighted by Gasteiger charge is -2.37. The molecule has 0 radical (unpaired) electrons. The van der Waals surface area contributed by atoms with E-state index in [9.17, 15) is 4.79 Å². The van der Waals surface area contributed by atoms with Crippen LogP contribution in [0.15, 0.2) is 23.3 Å². The summed E-state index contributed by atoms with van der Waals surface area (Å²) < 4.78 is 2.10. The van der Waals surface area contributed by atoms with Crippen LogP contribution in [0.3, 0.4) is 0 Å². The van der Waals surface area contributed by atoms with Crippen molar-refractivity contribution in [2.45, 2.75) is 20.4 Å². The van der Waals surface area contributed by atoms with Crippen molar-refractivity contribution >= 4 is 11.9 Å². The van der Waals surface area contributed by atoms with Gasteiger partial charge in [0, 0.05) is 58.1 Å². The molecule has 1 aromatic heterocycles. The molecule has 0 aromatic carbocycles. The predicted molar refractivity (Wildman–Crippen MR) is 88.6 cm³/mol. The fraction of sp³-hybridized carbons (Fsp3) is 0.625. The molecule has 2 heterocycles. The lowest BCUT2D eigenvalue weighted by atomic mass is 10.1. The second-order valence-electron chi connectivity index (χ2n) is 5.98. The largest absolute Gasteiger partial charge is 0.353 e. The summed E-state index contributed by atoms with van der Waals surface area (Å²) in [5.74, 6) is 1.21. The number of aryl methyl sites for hydroxylation is 1. The highest BCUT2D eigenvalue weighted by Crippen LogP contribution is 2.08. The Morgan fingerprint density at radius 2 is 1.91 bits per heavy atom. The minimum Gasteiger partial charge on any atom is -0.353 e. The Kier molecular flexibility index (Phi) is 5.46. The first-order valence-electron chi connectivity index (χ1n) is 7.87. The topological polar surface area (TPSA) is 52.9 Å². The van der Waals surface area contributed by atoms with Gasteiger partial charge in [-0.3, -0.25) is 9.79 Å². The number of aliphatic imine (C=N–C) groups is 1. The second kappa shape index (κ2) is 7.33. The second-order valence-corrected chi connectivity index (χ2v) is 5.98. The van der Waals surface area contributed by atoms with E-state index in [0.29, 0.717) is 0 Å². The molecule has 1 N–H and O–H groups in total. The van der Waals surface area contributed by atoms with E-state index in [4.69, 9.17) is 0 Å². The average Bonchev–Trinajstić information content (AvgIpc) is 2.93. The van der Waals surface area contributed by atoms with Crippen LogP contribution in [0, 0.1) is 5.92 Å². The molecule has 122 valence electrons. The van der Waals surface area contributed by atoms with Gasteiger partial charge in [0.2, 0.25) is 5.91 Å². The fourth-order valence-electron chi connectivity index (χ4n) is 2.69. The Morgan fingerprint density at radius 3 is 2.41 bits per heavy atom. The number of piperazine rings is 1. The van der Waals surface area contributed by atoms with Crippen molar-refractivity contribution in [3.05, 3.63) is 24.0 Å². The summed E-state index contributed by atoms with van der Waals surface area (Å²) >= 11 is 0. The molecule has 0 unspecified atom stereocenters. The van der Waals surface area contributed by atoms with Crippen LogP contribution in [0.2, 0.25) is 0 Å². The zero-order chi connectivity index (χ0) is 16.1. The number of hydrogen-bond donors (Lipinski definition) is 1. The number of rotatable bonds is 3. The molecule has 2 rings (SSSR count). The Hall–Kier alpha value is -1.98. The van der Waals surface area contributed by atoms with Crippen molar-refractivity contribution in [1.82, 2.24) is 19.7 Å². The summed E-state index contributed by atoms with van der Waals surface area (Å²) in [6.07, 6.45) is 2.04. The highest BCUT2D eigenvalue weighted by atomic mass is 16.2. The van der Waals surface area contributed by atoms with Crippen LogP contribution in [-0.2, 0) is 18.4 Å². The molecule has 0 saturated carbocycles. The lowest BCUT2D eigenvalue weighted by molar-refractivity contribution is -0.135. The van der Waals surface area contributed by atoms with Crippen LogP contribution in [0.4, 0.5) is 0 Å². The van der Waals surface area contributed by atoms with Gasteiger partial charge < -0.3 is 19.7 Å². The molecule has 0 aliphatic carbocycles. The molecular formula is C16H27N5O. The summed E-state index contributed by atoms with van der Waals surface area (Å²) in [5, 5.41) is 3.40. The van der Waals surface area contributed by atoms with Gasteiger partial charge in [0.1, 0.15) is 0 Å². The summed E-state index contributed by atoms with van der Waals surface area (Å²) in [5.41, 5.74) is 1.22. The molecule has 0 spiro atoms. The van der Waals surface area contributed by atoms with Gasteiger partial charge in [0.25, 0.3) is 0 Å². The van der Waals surface area contributed by atoms with Crippen molar-refractivity contribution in [3.8, 4) is 0 Å². The Bertz CT molecular complexity index is 526. The van der Waals surface area contributed by atoms with E-state index in [0.717, 1.165) is 38.7 Å². The minimum absolute atomic E-state index is 0.0707. The van der Waals surface area contributed by atoms with Crippen LogP contribution >= 0.6 is 0 Å². The van der Waals surface area contributed by atoms with Crippen molar-refractivity contribution in [3.63, 3.8) is 0 Å². The quantitative estimate of drug-likeness (QED) is 0.667. The third-order valence-corrected chi connectivity index (χ3v) is 4.08. The first-order valence-corrected chi connectivity index (χ1v) is 7.87. The normalized spacial score (nSPS) is 16.3. The van der Waals surface area contributed by atoms with Crippen molar-refractivity contribution in [2.24, 2.45) is 18.0 Å². The molecule has 1 fully saturated rings. The number of nitrogens with zero attached hydrogens (tertiary/aromatic N) is 4. The van der Waals surface area contributed by atoms with Crippen LogP contribution in [0.1, 0.15) is 19.5 Å². The number of nitrogens with one attached hydrogen (secondary N) is 1. The Morgan fingerprint density at radius 1 is 1.27 bits per heavy atom. The lowest BCUT2D eigenvalue weighted by Crippen LogP contribution is -2.54. The molecule has 1 saturated heterocycles. The average molecular weight is 305 g/mol. The van der Waals surface area contributed by atoms with Gasteiger partial charge in [-0.1, -0.05) is 13.8 Å². The number of amides is 1. The maximum atomic E-state index is 12.0. The fourth-order valence-corrected chi connectivity index (χ4v) is 2.69. The van der Waals surface area contributed by atoms with Gasteiger partial charge >= 0.3 is 0 Å². The van der Waals surface area contributed by atoms with Gasteiger partial charge in [0.15, 0.2) is 5.96 Å². The number of hydrogen-bond acceptors (Lipinski definition) is 2. The monoisotopic (exact) mass is 305 g/mol. The first kappa shape index (κ1) is 16.4. The van der Waals surface area contributed by atoms with Crippen LogP contribution in [0.25, 0.3) is 0 Å². The van der Waals surface area contributed by atoms with Crippen molar-refractivity contribution in [2.75, 3.05) is 33.2 Å². The number of aromatic nitrogens is 1. The molecule has 1 aliphatic heterocycles. The molecule has 6 heteroatoms. The van der Waals surface area contributed by atoms with E-state index in [2.05, 4.69) is 25.8 Å². The highest BCUT2D eigenvalue weighted by Gasteiger charge is 2.24. The molecule has 0 bridgehead atoms.